The van der Waals surface area contributed by atoms with E-state index in [0.717, 1.165) is 19.1 Å². The van der Waals surface area contributed by atoms with Crippen molar-refractivity contribution in [3.63, 3.8) is 0 Å². The third-order valence-corrected chi connectivity index (χ3v) is 4.02. The minimum Gasteiger partial charge on any atom is -0.444 e. The average molecular weight is 305 g/mol. The maximum atomic E-state index is 12.2. The Morgan fingerprint density at radius 1 is 1.20 bits per heavy atom. The lowest BCUT2D eigenvalue weighted by molar-refractivity contribution is 0.0148. The van der Waals surface area contributed by atoms with Crippen molar-refractivity contribution in [2.24, 2.45) is 5.92 Å². The van der Waals surface area contributed by atoms with E-state index in [9.17, 15) is 13.2 Å². The number of rotatable bonds is 3. The van der Waals surface area contributed by atoms with Gasteiger partial charge in [0.15, 0.2) is 0 Å². The van der Waals surface area contributed by atoms with E-state index >= 15 is 0 Å². The van der Waals surface area contributed by atoms with Crippen molar-refractivity contribution in [3.8, 4) is 0 Å². The van der Waals surface area contributed by atoms with Gasteiger partial charge >= 0.3 is 6.09 Å². The highest BCUT2D eigenvalue weighted by molar-refractivity contribution is 7.86. The molecule has 0 N–H and O–H groups in total. The molecule has 2 rings (SSSR count). The SMILES string of the molecule is CC(C)(C)OC(=O)N1CC[C@H](OS(C)(=O)=O)[C@H]1C1CC1. The van der Waals surface area contributed by atoms with Crippen LogP contribution in [0.2, 0.25) is 0 Å². The first-order valence-electron chi connectivity index (χ1n) is 6.95. The van der Waals surface area contributed by atoms with Gasteiger partial charge in [-0.25, -0.2) is 4.79 Å². The molecule has 2 atom stereocenters. The third kappa shape index (κ3) is 4.09. The molecule has 1 aliphatic heterocycles. The molecule has 0 aromatic heterocycles. The number of hydrogen-bond donors (Lipinski definition) is 0. The van der Waals surface area contributed by atoms with Crippen molar-refractivity contribution in [3.05, 3.63) is 0 Å². The number of carbonyl (C=O) groups excluding carboxylic acids is 1. The lowest BCUT2D eigenvalue weighted by Gasteiger charge is -2.30. The van der Waals surface area contributed by atoms with Gasteiger partial charge in [-0.3, -0.25) is 4.18 Å². The average Bonchev–Trinajstić information content (AvgIpc) is 2.96. The van der Waals surface area contributed by atoms with E-state index < -0.39 is 21.8 Å². The van der Waals surface area contributed by atoms with Gasteiger partial charge in [0, 0.05) is 6.54 Å². The van der Waals surface area contributed by atoms with Crippen LogP contribution in [0, 0.1) is 5.92 Å². The quantitative estimate of drug-likeness (QED) is 0.743. The molecule has 0 unspecified atom stereocenters. The summed E-state index contributed by atoms with van der Waals surface area (Å²) in [6, 6.07) is -0.181. The van der Waals surface area contributed by atoms with Crippen molar-refractivity contribution in [1.29, 1.82) is 0 Å². The molecule has 1 saturated carbocycles. The van der Waals surface area contributed by atoms with Gasteiger partial charge in [-0.05, 0) is 46.0 Å². The van der Waals surface area contributed by atoms with E-state index in [0.29, 0.717) is 18.9 Å². The van der Waals surface area contributed by atoms with Crippen LogP contribution in [0.5, 0.6) is 0 Å². The van der Waals surface area contributed by atoms with Crippen LogP contribution in [0.1, 0.15) is 40.0 Å². The lowest BCUT2D eigenvalue weighted by Crippen LogP contribution is -2.44. The number of amides is 1. The van der Waals surface area contributed by atoms with Crippen molar-refractivity contribution in [2.45, 2.75) is 57.8 Å². The predicted octanol–water partition coefficient (Wildman–Crippen LogP) is 1.75. The van der Waals surface area contributed by atoms with Gasteiger partial charge in [0.05, 0.1) is 18.4 Å². The maximum absolute atomic E-state index is 12.2. The third-order valence-electron chi connectivity index (χ3n) is 3.43. The molecule has 20 heavy (non-hydrogen) atoms. The summed E-state index contributed by atoms with van der Waals surface area (Å²) in [7, 11) is -3.51. The number of hydrogen-bond acceptors (Lipinski definition) is 5. The van der Waals surface area contributed by atoms with Gasteiger partial charge < -0.3 is 9.64 Å². The first-order chi connectivity index (χ1) is 9.07. The van der Waals surface area contributed by atoms with Crippen LogP contribution in [0.4, 0.5) is 4.79 Å². The topological polar surface area (TPSA) is 72.9 Å². The summed E-state index contributed by atoms with van der Waals surface area (Å²) in [6.07, 6.45) is 2.78. The van der Waals surface area contributed by atoms with E-state index in [1.54, 1.807) is 4.90 Å². The van der Waals surface area contributed by atoms with Crippen LogP contribution < -0.4 is 0 Å². The zero-order valence-electron chi connectivity index (χ0n) is 12.5. The molecule has 0 aromatic rings. The fraction of sp³-hybridized carbons (Fsp3) is 0.923. The normalized spacial score (nSPS) is 27.7. The lowest BCUT2D eigenvalue weighted by atomic mass is 10.1. The highest BCUT2D eigenvalue weighted by Gasteiger charge is 2.48. The second-order valence-corrected chi connectivity index (χ2v) is 8.23. The summed E-state index contributed by atoms with van der Waals surface area (Å²) in [6.45, 7) is 5.93. The van der Waals surface area contributed by atoms with Crippen molar-refractivity contribution < 1.29 is 22.1 Å². The standard InChI is InChI=1S/C13H23NO5S/c1-13(2,3)18-12(15)14-8-7-10(19-20(4,16)17)11(14)9-5-6-9/h9-11H,5-8H2,1-4H3/t10-,11+/m0/s1. The Balaban J connectivity index is 2.08. The fourth-order valence-corrected chi connectivity index (χ4v) is 3.30. The summed E-state index contributed by atoms with van der Waals surface area (Å²) < 4.78 is 33.2. The Bertz CT molecular complexity index is 477. The van der Waals surface area contributed by atoms with Crippen LogP contribution in [0.15, 0.2) is 0 Å². The number of nitrogens with zero attached hydrogens (tertiary/aromatic N) is 1. The summed E-state index contributed by atoms with van der Waals surface area (Å²) in [5, 5.41) is 0. The van der Waals surface area contributed by atoms with Gasteiger partial charge in [0.25, 0.3) is 10.1 Å². The van der Waals surface area contributed by atoms with E-state index in [1.165, 1.54) is 0 Å². The molecule has 0 radical (unpaired) electrons. The molecular formula is C13H23NO5S. The zero-order chi connectivity index (χ0) is 15.1. The highest BCUT2D eigenvalue weighted by atomic mass is 32.2. The van der Waals surface area contributed by atoms with Crippen molar-refractivity contribution in [1.82, 2.24) is 4.90 Å². The van der Waals surface area contributed by atoms with Gasteiger partial charge in [-0.2, -0.15) is 8.42 Å². The Morgan fingerprint density at radius 3 is 2.25 bits per heavy atom. The van der Waals surface area contributed by atoms with Gasteiger partial charge in [-0.1, -0.05) is 0 Å². The number of likely N-dealkylation sites (tertiary alicyclic amines) is 1. The van der Waals surface area contributed by atoms with E-state index in [-0.39, 0.29) is 12.1 Å². The molecule has 0 spiro atoms. The Labute approximate surface area is 120 Å². The van der Waals surface area contributed by atoms with Gasteiger partial charge in [-0.15, -0.1) is 0 Å². The first kappa shape index (κ1) is 15.6. The largest absolute Gasteiger partial charge is 0.444 e. The second-order valence-electron chi connectivity index (χ2n) is 6.63. The molecule has 1 amide bonds. The first-order valence-corrected chi connectivity index (χ1v) is 8.76. The summed E-state index contributed by atoms with van der Waals surface area (Å²) in [4.78, 5) is 13.9. The smallest absolute Gasteiger partial charge is 0.410 e. The Morgan fingerprint density at radius 2 is 1.80 bits per heavy atom. The molecule has 2 aliphatic rings. The highest BCUT2D eigenvalue weighted by Crippen LogP contribution is 2.42. The molecule has 7 heteroatoms. The van der Waals surface area contributed by atoms with Crippen LogP contribution >= 0.6 is 0 Å². The molecule has 2 fully saturated rings. The van der Waals surface area contributed by atoms with Crippen LogP contribution in [0.25, 0.3) is 0 Å². The van der Waals surface area contributed by atoms with Crippen molar-refractivity contribution >= 4 is 16.2 Å². The Hall–Kier alpha value is -0.820. The van der Waals surface area contributed by atoms with Crippen LogP contribution in [0.3, 0.4) is 0 Å². The van der Waals surface area contributed by atoms with Crippen molar-refractivity contribution in [2.75, 3.05) is 12.8 Å². The second kappa shape index (κ2) is 5.18. The van der Waals surface area contributed by atoms with E-state index in [4.69, 9.17) is 8.92 Å². The molecule has 1 aliphatic carbocycles. The summed E-state index contributed by atoms with van der Waals surface area (Å²) >= 11 is 0. The molecule has 0 bridgehead atoms. The van der Waals surface area contributed by atoms with Gasteiger partial charge in [0.1, 0.15) is 5.60 Å². The van der Waals surface area contributed by atoms with E-state index in [1.807, 2.05) is 20.8 Å². The molecule has 1 heterocycles. The van der Waals surface area contributed by atoms with E-state index in [2.05, 4.69) is 0 Å². The van der Waals surface area contributed by atoms with Crippen LogP contribution in [-0.4, -0.2) is 50.0 Å². The minimum absolute atomic E-state index is 0.181. The summed E-state index contributed by atoms with van der Waals surface area (Å²) in [5.74, 6) is 0.330. The number of ether oxygens (including phenoxy) is 1. The molecule has 1 saturated heterocycles. The molecule has 0 aromatic carbocycles. The Kier molecular flexibility index (Phi) is 4.03. The minimum atomic E-state index is -3.51. The maximum Gasteiger partial charge on any atom is 0.410 e. The predicted molar refractivity (Wildman–Crippen MR) is 73.8 cm³/mol. The number of carbonyl (C=O) groups is 1. The zero-order valence-corrected chi connectivity index (χ0v) is 13.3. The van der Waals surface area contributed by atoms with Gasteiger partial charge in [0.2, 0.25) is 0 Å². The molecule has 116 valence electrons. The fourth-order valence-electron chi connectivity index (χ4n) is 2.65. The molecular weight excluding hydrogens is 282 g/mol. The summed E-state index contributed by atoms with van der Waals surface area (Å²) in [5.41, 5.74) is -0.555. The monoisotopic (exact) mass is 305 g/mol. The molecule has 6 nitrogen and oxygen atoms in total. The van der Waals surface area contributed by atoms with Crippen LogP contribution in [-0.2, 0) is 19.0 Å².